The maximum atomic E-state index is 6.03. The van der Waals surface area contributed by atoms with E-state index < -0.39 is 0 Å². The third-order valence-corrected chi connectivity index (χ3v) is 3.64. The molecule has 0 heterocycles. The fraction of sp³-hybridized carbons (Fsp3) is 0.571. The van der Waals surface area contributed by atoms with Crippen LogP contribution in [0, 0.1) is 12.8 Å². The monoisotopic (exact) mass is 238 g/mol. The number of ether oxygens (including phenoxy) is 1. The highest BCUT2D eigenvalue weighted by Crippen LogP contribution is 2.29. The lowest BCUT2D eigenvalue weighted by atomic mass is 9.89. The lowest BCUT2D eigenvalue weighted by Gasteiger charge is -2.27. The van der Waals surface area contributed by atoms with Crippen molar-refractivity contribution in [2.45, 2.75) is 45.6 Å². The molecular formula is C14H19ClO. The van der Waals surface area contributed by atoms with Gasteiger partial charge in [-0.1, -0.05) is 24.6 Å². The Morgan fingerprint density at radius 2 is 1.88 bits per heavy atom. The summed E-state index contributed by atoms with van der Waals surface area (Å²) in [5.74, 6) is 1.81. The van der Waals surface area contributed by atoms with Gasteiger partial charge in [0.25, 0.3) is 0 Å². The van der Waals surface area contributed by atoms with Gasteiger partial charge in [0.1, 0.15) is 5.75 Å². The van der Waals surface area contributed by atoms with Gasteiger partial charge in [0.05, 0.1) is 6.10 Å². The van der Waals surface area contributed by atoms with Crippen LogP contribution in [0.4, 0.5) is 0 Å². The Morgan fingerprint density at radius 3 is 2.56 bits per heavy atom. The van der Waals surface area contributed by atoms with Crippen LogP contribution in [0.15, 0.2) is 18.2 Å². The summed E-state index contributed by atoms with van der Waals surface area (Å²) in [5.41, 5.74) is 1.17. The largest absolute Gasteiger partial charge is 0.490 e. The molecule has 0 N–H and O–H groups in total. The first kappa shape index (κ1) is 11.8. The van der Waals surface area contributed by atoms with E-state index >= 15 is 0 Å². The summed E-state index contributed by atoms with van der Waals surface area (Å²) in [6.07, 6.45) is 5.29. The fourth-order valence-electron chi connectivity index (χ4n) is 2.23. The molecule has 1 saturated carbocycles. The second-order valence-electron chi connectivity index (χ2n) is 4.91. The predicted molar refractivity (Wildman–Crippen MR) is 68.2 cm³/mol. The highest BCUT2D eigenvalue weighted by atomic mass is 35.5. The van der Waals surface area contributed by atoms with E-state index in [1.54, 1.807) is 0 Å². The van der Waals surface area contributed by atoms with Gasteiger partial charge in [-0.2, -0.15) is 0 Å². The predicted octanol–water partition coefficient (Wildman–Crippen LogP) is 4.61. The zero-order chi connectivity index (χ0) is 11.5. The summed E-state index contributed by atoms with van der Waals surface area (Å²) in [7, 11) is 0. The van der Waals surface area contributed by atoms with Gasteiger partial charge in [-0.15, -0.1) is 0 Å². The molecule has 1 fully saturated rings. The maximum absolute atomic E-state index is 6.03. The van der Waals surface area contributed by atoms with Crippen molar-refractivity contribution in [2.75, 3.05) is 0 Å². The van der Waals surface area contributed by atoms with Crippen LogP contribution >= 0.6 is 11.6 Å². The molecular weight excluding hydrogens is 220 g/mol. The third-order valence-electron chi connectivity index (χ3n) is 3.41. The van der Waals surface area contributed by atoms with Gasteiger partial charge in [0, 0.05) is 5.02 Å². The van der Waals surface area contributed by atoms with Gasteiger partial charge in [-0.3, -0.25) is 0 Å². The number of benzene rings is 1. The van der Waals surface area contributed by atoms with Crippen molar-refractivity contribution in [3.05, 3.63) is 28.8 Å². The molecule has 1 aliphatic rings. The molecule has 2 rings (SSSR count). The molecule has 16 heavy (non-hydrogen) atoms. The summed E-state index contributed by atoms with van der Waals surface area (Å²) in [5, 5.41) is 0.754. The summed E-state index contributed by atoms with van der Waals surface area (Å²) in [6.45, 7) is 4.39. The molecule has 1 aromatic carbocycles. The first-order valence-electron chi connectivity index (χ1n) is 6.08. The lowest BCUT2D eigenvalue weighted by molar-refractivity contribution is 0.134. The lowest BCUT2D eigenvalue weighted by Crippen LogP contribution is -2.23. The minimum atomic E-state index is 0.383. The average Bonchev–Trinajstić information content (AvgIpc) is 2.27. The number of halogens is 1. The Balaban J connectivity index is 2.00. The Kier molecular flexibility index (Phi) is 3.75. The van der Waals surface area contributed by atoms with Gasteiger partial charge in [0.2, 0.25) is 0 Å². The van der Waals surface area contributed by atoms with E-state index in [1.807, 2.05) is 18.2 Å². The van der Waals surface area contributed by atoms with Crippen LogP contribution in [0.3, 0.4) is 0 Å². The van der Waals surface area contributed by atoms with Crippen molar-refractivity contribution in [3.63, 3.8) is 0 Å². The SMILES string of the molecule is Cc1ccc(Cl)cc1OC1CCC(C)CC1. The molecule has 2 heteroatoms. The second-order valence-corrected chi connectivity index (χ2v) is 5.35. The molecule has 0 saturated heterocycles. The molecule has 0 bridgehead atoms. The van der Waals surface area contributed by atoms with E-state index in [9.17, 15) is 0 Å². The topological polar surface area (TPSA) is 9.23 Å². The van der Waals surface area contributed by atoms with Crippen molar-refractivity contribution < 1.29 is 4.74 Å². The number of hydrogen-bond donors (Lipinski definition) is 0. The Labute approximate surface area is 103 Å². The van der Waals surface area contributed by atoms with E-state index in [-0.39, 0.29) is 0 Å². The standard InChI is InChI=1S/C14H19ClO/c1-10-3-7-13(8-4-10)16-14-9-12(15)6-5-11(14)2/h5-6,9-10,13H,3-4,7-8H2,1-2H3. The van der Waals surface area contributed by atoms with Crippen LogP contribution in [0.5, 0.6) is 5.75 Å². The first-order valence-corrected chi connectivity index (χ1v) is 6.46. The van der Waals surface area contributed by atoms with E-state index in [0.29, 0.717) is 6.10 Å². The molecule has 1 aliphatic carbocycles. The molecule has 0 aliphatic heterocycles. The van der Waals surface area contributed by atoms with Gasteiger partial charge < -0.3 is 4.74 Å². The normalized spacial score (nSPS) is 25.4. The molecule has 0 aromatic heterocycles. The third kappa shape index (κ3) is 2.91. The Hall–Kier alpha value is -0.690. The van der Waals surface area contributed by atoms with Crippen LogP contribution in [-0.4, -0.2) is 6.10 Å². The van der Waals surface area contributed by atoms with Gasteiger partial charge in [0.15, 0.2) is 0 Å². The van der Waals surface area contributed by atoms with Crippen molar-refractivity contribution in [1.82, 2.24) is 0 Å². The van der Waals surface area contributed by atoms with E-state index in [0.717, 1.165) is 16.7 Å². The Bertz CT molecular complexity index is 354. The van der Waals surface area contributed by atoms with E-state index in [2.05, 4.69) is 13.8 Å². The molecule has 88 valence electrons. The van der Waals surface area contributed by atoms with Crippen molar-refractivity contribution >= 4 is 11.6 Å². The second kappa shape index (κ2) is 5.09. The summed E-state index contributed by atoms with van der Waals surface area (Å²) >= 11 is 5.98. The minimum absolute atomic E-state index is 0.383. The van der Waals surface area contributed by atoms with Crippen molar-refractivity contribution in [1.29, 1.82) is 0 Å². The highest BCUT2D eigenvalue weighted by molar-refractivity contribution is 6.30. The molecule has 0 spiro atoms. The maximum Gasteiger partial charge on any atom is 0.124 e. The molecule has 1 nitrogen and oxygen atoms in total. The number of aryl methyl sites for hydroxylation is 1. The van der Waals surface area contributed by atoms with Crippen LogP contribution in [-0.2, 0) is 0 Å². The molecule has 0 amide bonds. The number of hydrogen-bond acceptors (Lipinski definition) is 1. The smallest absolute Gasteiger partial charge is 0.124 e. The zero-order valence-electron chi connectivity index (χ0n) is 10.0. The van der Waals surface area contributed by atoms with Crippen LogP contribution in [0.1, 0.15) is 38.2 Å². The van der Waals surface area contributed by atoms with Crippen LogP contribution in [0.2, 0.25) is 5.02 Å². The zero-order valence-corrected chi connectivity index (χ0v) is 10.8. The molecule has 1 aromatic rings. The first-order chi connectivity index (χ1) is 7.65. The van der Waals surface area contributed by atoms with E-state index in [1.165, 1.54) is 31.2 Å². The van der Waals surface area contributed by atoms with Crippen molar-refractivity contribution in [3.8, 4) is 5.75 Å². The fourth-order valence-corrected chi connectivity index (χ4v) is 2.39. The minimum Gasteiger partial charge on any atom is -0.490 e. The molecule has 0 radical (unpaired) electrons. The highest BCUT2D eigenvalue weighted by Gasteiger charge is 2.19. The van der Waals surface area contributed by atoms with Gasteiger partial charge in [-0.25, -0.2) is 0 Å². The summed E-state index contributed by atoms with van der Waals surface area (Å²) in [6, 6.07) is 5.85. The quantitative estimate of drug-likeness (QED) is 0.731. The van der Waals surface area contributed by atoms with Crippen molar-refractivity contribution in [2.24, 2.45) is 5.92 Å². The molecule has 0 unspecified atom stereocenters. The number of rotatable bonds is 2. The van der Waals surface area contributed by atoms with Gasteiger partial charge >= 0.3 is 0 Å². The summed E-state index contributed by atoms with van der Waals surface area (Å²) < 4.78 is 6.03. The van der Waals surface area contributed by atoms with Crippen LogP contribution in [0.25, 0.3) is 0 Å². The summed E-state index contributed by atoms with van der Waals surface area (Å²) in [4.78, 5) is 0. The average molecular weight is 239 g/mol. The van der Waals surface area contributed by atoms with E-state index in [4.69, 9.17) is 16.3 Å². The Morgan fingerprint density at radius 1 is 1.19 bits per heavy atom. The van der Waals surface area contributed by atoms with Gasteiger partial charge in [-0.05, 0) is 56.2 Å². The van der Waals surface area contributed by atoms with Crippen LogP contribution < -0.4 is 4.74 Å². The molecule has 0 atom stereocenters.